The number of aryl methyl sites for hydroxylation is 2. The molecule has 0 amide bonds. The Morgan fingerprint density at radius 2 is 2.18 bits per heavy atom. The van der Waals surface area contributed by atoms with Gasteiger partial charge in [-0.25, -0.2) is 15.0 Å². The van der Waals surface area contributed by atoms with Crippen molar-refractivity contribution >= 4 is 29.9 Å². The van der Waals surface area contributed by atoms with Crippen LogP contribution in [0.15, 0.2) is 28.1 Å². The van der Waals surface area contributed by atoms with E-state index in [1.54, 1.807) is 12.5 Å². The molecule has 122 valence electrons. The summed E-state index contributed by atoms with van der Waals surface area (Å²) in [5, 5.41) is 6.47. The second-order valence-electron chi connectivity index (χ2n) is 4.67. The van der Waals surface area contributed by atoms with Crippen molar-refractivity contribution in [3.63, 3.8) is 0 Å². The predicted molar refractivity (Wildman–Crippen MR) is 96.4 cm³/mol. The van der Waals surface area contributed by atoms with Gasteiger partial charge in [0.2, 0.25) is 5.89 Å². The number of nitrogens with zero attached hydrogens (tertiary/aromatic N) is 4. The van der Waals surface area contributed by atoms with Crippen LogP contribution in [0.1, 0.15) is 24.3 Å². The zero-order chi connectivity index (χ0) is 15.1. The highest BCUT2D eigenvalue weighted by molar-refractivity contribution is 14.0. The average molecular weight is 418 g/mol. The number of guanidine groups is 1. The summed E-state index contributed by atoms with van der Waals surface area (Å²) in [7, 11) is 0. The lowest BCUT2D eigenvalue weighted by atomic mass is 10.4. The number of aromatic nitrogens is 3. The van der Waals surface area contributed by atoms with Crippen LogP contribution in [0.4, 0.5) is 0 Å². The first kappa shape index (κ1) is 18.5. The number of nitrogens with one attached hydrogen (secondary N) is 2. The molecule has 0 saturated carbocycles. The van der Waals surface area contributed by atoms with E-state index in [2.05, 4.69) is 25.6 Å². The smallest absolute Gasteiger partial charge is 0.216 e. The van der Waals surface area contributed by atoms with E-state index in [1.807, 2.05) is 31.5 Å². The van der Waals surface area contributed by atoms with Gasteiger partial charge in [0.15, 0.2) is 5.96 Å². The van der Waals surface area contributed by atoms with Crippen LogP contribution in [0.25, 0.3) is 0 Å². The minimum absolute atomic E-state index is 0. The largest absolute Gasteiger partial charge is 0.444 e. The van der Waals surface area contributed by atoms with Crippen LogP contribution in [0.5, 0.6) is 0 Å². The molecule has 0 bridgehead atoms. The minimum atomic E-state index is 0. The quantitative estimate of drug-likeness (QED) is 0.425. The van der Waals surface area contributed by atoms with Gasteiger partial charge < -0.3 is 19.6 Å². The number of imidazole rings is 1. The van der Waals surface area contributed by atoms with Crippen molar-refractivity contribution in [2.24, 2.45) is 4.99 Å². The molecule has 0 unspecified atom stereocenters. The van der Waals surface area contributed by atoms with E-state index >= 15 is 0 Å². The molecular formula is C14H23IN6O. The maximum Gasteiger partial charge on any atom is 0.216 e. The third kappa shape index (κ3) is 5.66. The molecule has 8 heteroatoms. The van der Waals surface area contributed by atoms with Gasteiger partial charge in [-0.3, -0.25) is 0 Å². The van der Waals surface area contributed by atoms with Crippen molar-refractivity contribution in [1.29, 1.82) is 0 Å². The van der Waals surface area contributed by atoms with Gasteiger partial charge in [-0.15, -0.1) is 24.0 Å². The van der Waals surface area contributed by atoms with E-state index < -0.39 is 0 Å². The molecule has 2 heterocycles. The Morgan fingerprint density at radius 1 is 1.36 bits per heavy atom. The molecule has 0 aliphatic heterocycles. The third-order valence-electron chi connectivity index (χ3n) is 3.01. The standard InChI is InChI=1S/C14H22N6O.HI/c1-4-16-14(17-6-8-20-7-5-15-10-20)18-9-13-19-11(2)12(3)21-13;/h5,7,10H,4,6,8-9H2,1-3H3,(H2,16,17,18);1H. The normalized spacial score (nSPS) is 11.1. The van der Waals surface area contributed by atoms with E-state index in [4.69, 9.17) is 4.42 Å². The van der Waals surface area contributed by atoms with Gasteiger partial charge in [0.25, 0.3) is 0 Å². The van der Waals surface area contributed by atoms with E-state index in [-0.39, 0.29) is 24.0 Å². The summed E-state index contributed by atoms with van der Waals surface area (Å²) in [6, 6.07) is 0. The Hall–Kier alpha value is -1.58. The fourth-order valence-corrected chi connectivity index (χ4v) is 1.82. The van der Waals surface area contributed by atoms with Crippen molar-refractivity contribution in [2.75, 3.05) is 13.1 Å². The third-order valence-corrected chi connectivity index (χ3v) is 3.01. The van der Waals surface area contributed by atoms with Gasteiger partial charge >= 0.3 is 0 Å². The van der Waals surface area contributed by atoms with Crippen LogP contribution in [0, 0.1) is 13.8 Å². The van der Waals surface area contributed by atoms with Crippen LogP contribution in [0.2, 0.25) is 0 Å². The van der Waals surface area contributed by atoms with Gasteiger partial charge in [0.1, 0.15) is 12.3 Å². The van der Waals surface area contributed by atoms with Crippen LogP contribution in [-0.2, 0) is 13.1 Å². The zero-order valence-electron chi connectivity index (χ0n) is 13.2. The van der Waals surface area contributed by atoms with Crippen LogP contribution in [-0.4, -0.2) is 33.6 Å². The molecule has 0 saturated heterocycles. The predicted octanol–water partition coefficient (Wildman–Crippen LogP) is 1.86. The lowest BCUT2D eigenvalue weighted by Gasteiger charge is -2.11. The minimum Gasteiger partial charge on any atom is -0.444 e. The molecule has 2 aromatic rings. The summed E-state index contributed by atoms with van der Waals surface area (Å²) < 4.78 is 7.53. The van der Waals surface area contributed by atoms with Gasteiger partial charge in [0.05, 0.1) is 12.0 Å². The van der Waals surface area contributed by atoms with Crippen molar-refractivity contribution in [2.45, 2.75) is 33.9 Å². The molecule has 0 atom stereocenters. The molecule has 2 N–H and O–H groups in total. The molecule has 0 radical (unpaired) electrons. The molecule has 0 aliphatic rings. The lowest BCUT2D eigenvalue weighted by Crippen LogP contribution is -2.38. The highest BCUT2D eigenvalue weighted by Gasteiger charge is 2.05. The summed E-state index contributed by atoms with van der Waals surface area (Å²) in [6.07, 6.45) is 5.50. The molecule has 0 spiro atoms. The van der Waals surface area contributed by atoms with Crippen molar-refractivity contribution in [1.82, 2.24) is 25.2 Å². The van der Waals surface area contributed by atoms with Crippen LogP contribution < -0.4 is 10.6 Å². The fourth-order valence-electron chi connectivity index (χ4n) is 1.82. The van der Waals surface area contributed by atoms with Gasteiger partial charge in [-0.05, 0) is 20.8 Å². The van der Waals surface area contributed by atoms with E-state index in [0.717, 1.165) is 37.0 Å². The Kier molecular flexibility index (Phi) is 7.92. The number of hydrogen-bond donors (Lipinski definition) is 2. The molecule has 7 nitrogen and oxygen atoms in total. The first-order valence-corrected chi connectivity index (χ1v) is 7.10. The topological polar surface area (TPSA) is 80.3 Å². The summed E-state index contributed by atoms with van der Waals surface area (Å²) in [4.78, 5) is 12.8. The first-order valence-electron chi connectivity index (χ1n) is 7.10. The Labute approximate surface area is 147 Å². The second-order valence-corrected chi connectivity index (χ2v) is 4.67. The summed E-state index contributed by atoms with van der Waals surface area (Å²) >= 11 is 0. The molecule has 2 rings (SSSR count). The number of aliphatic imine (C=N–C) groups is 1. The van der Waals surface area contributed by atoms with Crippen molar-refractivity contribution in [3.8, 4) is 0 Å². The van der Waals surface area contributed by atoms with Gasteiger partial charge in [0, 0.05) is 32.0 Å². The monoisotopic (exact) mass is 418 g/mol. The number of rotatable bonds is 6. The summed E-state index contributed by atoms with van der Waals surface area (Å²) in [5.41, 5.74) is 0.915. The molecule has 0 fully saturated rings. The molecule has 0 aromatic carbocycles. The molecule has 22 heavy (non-hydrogen) atoms. The Bertz CT molecular complexity index is 559. The number of oxazole rings is 1. The summed E-state index contributed by atoms with van der Waals surface area (Å²) in [6.45, 7) is 8.71. The van der Waals surface area contributed by atoms with Crippen LogP contribution >= 0.6 is 24.0 Å². The van der Waals surface area contributed by atoms with E-state index in [1.165, 1.54) is 0 Å². The van der Waals surface area contributed by atoms with E-state index in [9.17, 15) is 0 Å². The Balaban J connectivity index is 0.00000242. The van der Waals surface area contributed by atoms with E-state index in [0.29, 0.717) is 12.4 Å². The summed E-state index contributed by atoms with van der Waals surface area (Å²) in [5.74, 6) is 2.24. The molecule has 2 aromatic heterocycles. The maximum absolute atomic E-state index is 5.52. The Morgan fingerprint density at radius 3 is 2.77 bits per heavy atom. The molecule has 0 aliphatic carbocycles. The number of hydrogen-bond acceptors (Lipinski definition) is 4. The number of halogens is 1. The fraction of sp³-hybridized carbons (Fsp3) is 0.500. The highest BCUT2D eigenvalue weighted by Crippen LogP contribution is 2.08. The first-order chi connectivity index (χ1) is 10.2. The lowest BCUT2D eigenvalue weighted by molar-refractivity contribution is 0.472. The zero-order valence-corrected chi connectivity index (χ0v) is 15.5. The maximum atomic E-state index is 5.52. The van der Waals surface area contributed by atoms with Crippen molar-refractivity contribution in [3.05, 3.63) is 36.1 Å². The van der Waals surface area contributed by atoms with Crippen LogP contribution in [0.3, 0.4) is 0 Å². The van der Waals surface area contributed by atoms with Gasteiger partial charge in [-0.1, -0.05) is 0 Å². The second kappa shape index (κ2) is 9.44. The SMILES string of the molecule is CCNC(=NCc1nc(C)c(C)o1)NCCn1ccnc1.I. The van der Waals surface area contributed by atoms with Gasteiger partial charge in [-0.2, -0.15) is 0 Å². The molecular weight excluding hydrogens is 395 g/mol. The average Bonchev–Trinajstić information content (AvgIpc) is 3.07. The highest BCUT2D eigenvalue weighted by atomic mass is 127. The van der Waals surface area contributed by atoms with Crippen molar-refractivity contribution < 1.29 is 4.42 Å².